The van der Waals surface area contributed by atoms with Gasteiger partial charge in [-0.3, -0.25) is 0 Å². The van der Waals surface area contributed by atoms with E-state index in [2.05, 4.69) is 57.9 Å². The number of fused-ring (bicyclic) bond motifs is 5. The fourth-order valence-corrected chi connectivity index (χ4v) is 12.6. The van der Waals surface area contributed by atoms with Crippen LogP contribution in [0.1, 0.15) is 125 Å². The van der Waals surface area contributed by atoms with Gasteiger partial charge in [-0.15, -0.1) is 0 Å². The highest BCUT2D eigenvalue weighted by atomic mass is 33.1. The summed E-state index contributed by atoms with van der Waals surface area (Å²) in [5.41, 5.74) is 3.08. The van der Waals surface area contributed by atoms with Gasteiger partial charge >= 0.3 is 6.09 Å². The standard InChI is InChI=1S/C39H64N2O6S2/c1-25(2)9-7-10-26(3)31-14-15-32-30-13-12-28-23-29(16-18-38(28,5)33(30)17-19-39(31,32)6)47-37(46)41-21-20-40-27(4)11-8-22-48-49-34(36(44)45)24-35(42)43/h12,25-26,29-34,40H,4,7-11,13-24H2,1-3,5-6H3,(H,41,46)(H,42,43)(H,44,45)/p-2. The van der Waals surface area contributed by atoms with E-state index in [4.69, 9.17) is 4.74 Å². The van der Waals surface area contributed by atoms with Crippen molar-refractivity contribution >= 4 is 39.6 Å². The quantitative estimate of drug-likeness (QED) is 0.0857. The number of alkyl carbamates (subject to hydrolysis) is 1. The highest BCUT2D eigenvalue weighted by molar-refractivity contribution is 8.77. The highest BCUT2D eigenvalue weighted by Crippen LogP contribution is 2.67. The lowest BCUT2D eigenvalue weighted by Crippen LogP contribution is -2.51. The molecule has 4 rings (SSSR count). The number of hydrogen-bond acceptors (Lipinski definition) is 9. The minimum atomic E-state index is -1.40. The molecule has 278 valence electrons. The summed E-state index contributed by atoms with van der Waals surface area (Å²) in [5, 5.41) is 26.7. The van der Waals surface area contributed by atoms with Crippen LogP contribution < -0.4 is 20.8 Å². The van der Waals surface area contributed by atoms with Crippen molar-refractivity contribution in [3.8, 4) is 0 Å². The van der Waals surface area contributed by atoms with Gasteiger partial charge in [-0.1, -0.05) is 93.7 Å². The number of amides is 1. The van der Waals surface area contributed by atoms with Crippen LogP contribution in [0, 0.1) is 46.3 Å². The van der Waals surface area contributed by atoms with Crippen molar-refractivity contribution in [3.63, 3.8) is 0 Å². The topological polar surface area (TPSA) is 131 Å². The maximum atomic E-state index is 12.7. The third kappa shape index (κ3) is 10.4. The van der Waals surface area contributed by atoms with E-state index in [1.54, 1.807) is 0 Å². The first-order valence-corrected chi connectivity index (χ1v) is 21.4. The van der Waals surface area contributed by atoms with Gasteiger partial charge in [0.15, 0.2) is 0 Å². The Bertz CT molecular complexity index is 1190. The number of carbonyl (C=O) groups is 3. The van der Waals surface area contributed by atoms with Crippen molar-refractivity contribution in [2.75, 3.05) is 18.8 Å². The molecule has 0 saturated heterocycles. The molecule has 0 spiro atoms. The first-order valence-electron chi connectivity index (χ1n) is 19.0. The lowest BCUT2D eigenvalue weighted by atomic mass is 9.47. The average Bonchev–Trinajstić information content (AvgIpc) is 3.39. The van der Waals surface area contributed by atoms with Crippen molar-refractivity contribution in [2.24, 2.45) is 46.3 Å². The second-order valence-electron chi connectivity index (χ2n) is 16.4. The lowest BCUT2D eigenvalue weighted by Gasteiger charge is -2.58. The largest absolute Gasteiger partial charge is 0.550 e. The van der Waals surface area contributed by atoms with Crippen molar-refractivity contribution < 1.29 is 29.3 Å². The molecule has 9 unspecified atom stereocenters. The Balaban J connectivity index is 1.15. The summed E-state index contributed by atoms with van der Waals surface area (Å²) in [6.45, 7) is 17.4. The summed E-state index contributed by atoms with van der Waals surface area (Å²) < 4.78 is 5.92. The SMILES string of the molecule is C=C(CCCSSC(CC(=O)[O-])C(=O)[O-])NCCNC(=O)OC1CCC2(C)C(=CCC3C2CCC2(C)C(C(C)CCCC(C)C)CCC32)C1. The second kappa shape index (κ2) is 18.1. The third-order valence-electron chi connectivity index (χ3n) is 12.8. The number of aliphatic carboxylic acids is 2. The number of allylic oxidation sites excluding steroid dienone is 2. The van der Waals surface area contributed by atoms with Crippen LogP contribution in [0.2, 0.25) is 0 Å². The molecule has 0 aromatic rings. The molecule has 10 heteroatoms. The predicted molar refractivity (Wildman–Crippen MR) is 196 cm³/mol. The molecule has 0 radical (unpaired) electrons. The van der Waals surface area contributed by atoms with Crippen LogP contribution in [0.4, 0.5) is 4.79 Å². The van der Waals surface area contributed by atoms with E-state index in [1.807, 2.05) is 0 Å². The number of carboxylic acids is 2. The molecule has 2 N–H and O–H groups in total. The molecule has 3 saturated carbocycles. The van der Waals surface area contributed by atoms with E-state index in [0.29, 0.717) is 30.7 Å². The van der Waals surface area contributed by atoms with E-state index < -0.39 is 23.6 Å². The first-order chi connectivity index (χ1) is 23.2. The smallest absolute Gasteiger partial charge is 0.407 e. The maximum Gasteiger partial charge on any atom is 0.407 e. The Labute approximate surface area is 303 Å². The zero-order valence-electron chi connectivity index (χ0n) is 30.7. The van der Waals surface area contributed by atoms with Gasteiger partial charge in [0.2, 0.25) is 0 Å². The van der Waals surface area contributed by atoms with Gasteiger partial charge < -0.3 is 35.2 Å². The lowest BCUT2D eigenvalue weighted by molar-refractivity contribution is -0.314. The summed E-state index contributed by atoms with van der Waals surface area (Å²) in [6.07, 6.45) is 16.7. The number of ether oxygens (including phenoxy) is 1. The minimum Gasteiger partial charge on any atom is -0.550 e. The third-order valence-corrected chi connectivity index (χ3v) is 15.6. The Morgan fingerprint density at radius 3 is 2.47 bits per heavy atom. The van der Waals surface area contributed by atoms with Crippen LogP contribution >= 0.6 is 21.6 Å². The highest BCUT2D eigenvalue weighted by Gasteiger charge is 2.59. The zero-order valence-corrected chi connectivity index (χ0v) is 32.3. The van der Waals surface area contributed by atoms with Gasteiger partial charge in [0.05, 0.1) is 11.2 Å². The maximum absolute atomic E-state index is 12.7. The molecule has 49 heavy (non-hydrogen) atoms. The van der Waals surface area contributed by atoms with E-state index in [0.717, 1.165) is 77.7 Å². The van der Waals surface area contributed by atoms with Crippen molar-refractivity contribution in [1.82, 2.24) is 10.6 Å². The molecular formula is C39H62N2O6S2-2. The molecule has 0 aromatic carbocycles. The van der Waals surface area contributed by atoms with E-state index in [9.17, 15) is 24.6 Å². The van der Waals surface area contributed by atoms with E-state index in [1.165, 1.54) is 67.7 Å². The monoisotopic (exact) mass is 718 g/mol. The van der Waals surface area contributed by atoms with Crippen LogP contribution in [0.3, 0.4) is 0 Å². The van der Waals surface area contributed by atoms with Crippen LogP contribution in [-0.4, -0.2) is 48.2 Å². The molecule has 8 nitrogen and oxygen atoms in total. The van der Waals surface area contributed by atoms with Crippen molar-refractivity contribution in [1.29, 1.82) is 0 Å². The summed E-state index contributed by atoms with van der Waals surface area (Å²) in [5.74, 6) is 2.74. The molecule has 0 aliphatic heterocycles. The van der Waals surface area contributed by atoms with Crippen molar-refractivity contribution in [2.45, 2.75) is 136 Å². The number of carboxylic acid groups (broad SMARTS) is 2. The van der Waals surface area contributed by atoms with Gasteiger partial charge in [0.25, 0.3) is 0 Å². The number of hydrogen-bond donors (Lipinski definition) is 2. The van der Waals surface area contributed by atoms with Gasteiger partial charge in [0.1, 0.15) is 6.10 Å². The van der Waals surface area contributed by atoms with Crippen LogP contribution in [0.25, 0.3) is 0 Å². The normalized spacial score (nSPS) is 31.8. The fraction of sp³-hybridized carbons (Fsp3) is 0.821. The molecule has 4 aliphatic rings. The second-order valence-corrected chi connectivity index (χ2v) is 19.1. The fourth-order valence-electron chi connectivity index (χ4n) is 10.2. The molecule has 4 aliphatic carbocycles. The van der Waals surface area contributed by atoms with Crippen molar-refractivity contribution in [3.05, 3.63) is 23.9 Å². The van der Waals surface area contributed by atoms with Crippen LogP contribution in [-0.2, 0) is 14.3 Å². The van der Waals surface area contributed by atoms with Crippen LogP contribution in [0.5, 0.6) is 0 Å². The molecule has 0 aromatic heterocycles. The Kier molecular flexibility index (Phi) is 14.8. The van der Waals surface area contributed by atoms with Gasteiger partial charge in [-0.2, -0.15) is 0 Å². The molecule has 0 bridgehead atoms. The minimum absolute atomic E-state index is 0.0751. The summed E-state index contributed by atoms with van der Waals surface area (Å²) in [6, 6.07) is 0. The van der Waals surface area contributed by atoms with Gasteiger partial charge in [-0.25, -0.2) is 4.79 Å². The summed E-state index contributed by atoms with van der Waals surface area (Å²) in [7, 11) is 2.28. The van der Waals surface area contributed by atoms with Gasteiger partial charge in [0, 0.05) is 43.4 Å². The molecule has 9 atom stereocenters. The van der Waals surface area contributed by atoms with E-state index in [-0.39, 0.29) is 17.6 Å². The van der Waals surface area contributed by atoms with Gasteiger partial charge in [-0.05, 0) is 104 Å². The average molecular weight is 719 g/mol. The molecule has 1 amide bonds. The summed E-state index contributed by atoms with van der Waals surface area (Å²) >= 11 is 0. The number of nitrogens with one attached hydrogen (secondary N) is 2. The molecule has 3 fully saturated rings. The zero-order chi connectivity index (χ0) is 35.8. The molecule has 0 heterocycles. The van der Waals surface area contributed by atoms with E-state index >= 15 is 0 Å². The Morgan fingerprint density at radius 2 is 1.76 bits per heavy atom. The molecular weight excluding hydrogens is 657 g/mol. The predicted octanol–water partition coefficient (Wildman–Crippen LogP) is 6.65. The number of rotatable bonds is 19. The Hall–Kier alpha value is -1.81. The summed E-state index contributed by atoms with van der Waals surface area (Å²) in [4.78, 5) is 34.4. The number of carbonyl (C=O) groups excluding carboxylic acids is 3. The Morgan fingerprint density at radius 1 is 1.00 bits per heavy atom. The van der Waals surface area contributed by atoms with Crippen LogP contribution in [0.15, 0.2) is 23.9 Å². The first kappa shape index (κ1) is 40.0.